The second-order valence-corrected chi connectivity index (χ2v) is 6.21. The fourth-order valence-electron chi connectivity index (χ4n) is 2.88. The van der Waals surface area contributed by atoms with Gasteiger partial charge in [0.25, 0.3) is 0 Å². The van der Waals surface area contributed by atoms with Gasteiger partial charge in [-0.25, -0.2) is 0 Å². The number of hydrogen-bond acceptors (Lipinski definition) is 3. The van der Waals surface area contributed by atoms with Crippen molar-refractivity contribution < 1.29 is 4.79 Å². The van der Waals surface area contributed by atoms with E-state index in [1.54, 1.807) is 0 Å². The first-order valence-electron chi connectivity index (χ1n) is 7.55. The van der Waals surface area contributed by atoms with Crippen LogP contribution in [0.5, 0.6) is 0 Å². The maximum absolute atomic E-state index is 11.9. The van der Waals surface area contributed by atoms with Crippen LogP contribution in [0.2, 0.25) is 0 Å². The van der Waals surface area contributed by atoms with Gasteiger partial charge in [0.1, 0.15) is 0 Å². The van der Waals surface area contributed by atoms with Gasteiger partial charge in [-0.15, -0.1) is 0 Å². The van der Waals surface area contributed by atoms with Gasteiger partial charge in [0.05, 0.1) is 6.54 Å². The van der Waals surface area contributed by atoms with Crippen LogP contribution in [0.1, 0.15) is 38.5 Å². The van der Waals surface area contributed by atoms with Gasteiger partial charge in [-0.3, -0.25) is 9.69 Å². The number of amides is 1. The molecule has 1 aliphatic heterocycles. The van der Waals surface area contributed by atoms with Crippen LogP contribution in [0.4, 0.5) is 0 Å². The molecule has 2 aliphatic carbocycles. The number of carbonyl (C=O) groups is 1. The van der Waals surface area contributed by atoms with Crippen molar-refractivity contribution in [1.29, 1.82) is 0 Å². The Kier molecular flexibility index (Phi) is 3.85. The summed E-state index contributed by atoms with van der Waals surface area (Å²) in [5, 5.41) is 6.58. The molecule has 4 heteroatoms. The predicted octanol–water partition coefficient (Wildman–Crippen LogP) is 0.729. The molecule has 2 saturated carbocycles. The third kappa shape index (κ3) is 3.69. The lowest BCUT2D eigenvalue weighted by molar-refractivity contribution is -0.122. The highest BCUT2D eigenvalue weighted by Crippen LogP contribution is 2.28. The van der Waals surface area contributed by atoms with Crippen molar-refractivity contribution in [2.45, 2.75) is 50.6 Å². The fraction of sp³-hybridized carbons (Fsp3) is 0.929. The van der Waals surface area contributed by atoms with Crippen molar-refractivity contribution in [3.63, 3.8) is 0 Å². The predicted molar refractivity (Wildman–Crippen MR) is 71.4 cm³/mol. The summed E-state index contributed by atoms with van der Waals surface area (Å²) < 4.78 is 0. The van der Waals surface area contributed by atoms with Gasteiger partial charge < -0.3 is 10.6 Å². The molecule has 3 fully saturated rings. The first-order chi connectivity index (χ1) is 8.81. The van der Waals surface area contributed by atoms with Gasteiger partial charge in [-0.2, -0.15) is 0 Å². The van der Waals surface area contributed by atoms with Crippen molar-refractivity contribution in [2.75, 3.05) is 26.2 Å². The first kappa shape index (κ1) is 12.4. The third-order valence-electron chi connectivity index (χ3n) is 4.24. The van der Waals surface area contributed by atoms with E-state index in [9.17, 15) is 4.79 Å². The normalized spacial score (nSPS) is 28.4. The van der Waals surface area contributed by atoms with Crippen LogP contribution in [-0.2, 0) is 4.79 Å². The Morgan fingerprint density at radius 3 is 2.67 bits per heavy atom. The molecule has 1 amide bonds. The molecule has 1 atom stereocenters. The molecule has 0 spiro atoms. The topological polar surface area (TPSA) is 44.4 Å². The maximum atomic E-state index is 11.9. The van der Waals surface area contributed by atoms with Gasteiger partial charge >= 0.3 is 0 Å². The zero-order chi connectivity index (χ0) is 12.4. The molecule has 1 heterocycles. The molecule has 18 heavy (non-hydrogen) atoms. The number of nitrogens with zero attached hydrogens (tertiary/aromatic N) is 1. The van der Waals surface area contributed by atoms with E-state index in [1.807, 2.05) is 0 Å². The number of rotatable bonds is 6. The molecule has 1 unspecified atom stereocenters. The molecule has 0 aromatic rings. The zero-order valence-electron chi connectivity index (χ0n) is 11.2. The highest BCUT2D eigenvalue weighted by Gasteiger charge is 2.33. The molecule has 0 radical (unpaired) electrons. The van der Waals surface area contributed by atoms with Crippen LogP contribution in [0.15, 0.2) is 0 Å². The lowest BCUT2D eigenvalue weighted by atomic mass is 9.99. The van der Waals surface area contributed by atoms with Crippen LogP contribution in [-0.4, -0.2) is 49.1 Å². The molecule has 0 aromatic carbocycles. The van der Waals surface area contributed by atoms with Crippen LogP contribution in [0, 0.1) is 5.92 Å². The van der Waals surface area contributed by atoms with E-state index in [0.717, 1.165) is 19.0 Å². The Hall–Kier alpha value is -0.610. The molecule has 1 saturated heterocycles. The lowest BCUT2D eigenvalue weighted by Crippen LogP contribution is -2.44. The highest BCUT2D eigenvalue weighted by molar-refractivity contribution is 5.78. The summed E-state index contributed by atoms with van der Waals surface area (Å²) in [7, 11) is 0. The fourth-order valence-corrected chi connectivity index (χ4v) is 2.88. The number of hydrogen-bond donors (Lipinski definition) is 2. The monoisotopic (exact) mass is 251 g/mol. The van der Waals surface area contributed by atoms with E-state index in [2.05, 4.69) is 15.5 Å². The summed E-state index contributed by atoms with van der Waals surface area (Å²) in [5.41, 5.74) is 0. The molecular formula is C14H25N3O. The highest BCUT2D eigenvalue weighted by atomic mass is 16.2. The smallest absolute Gasteiger partial charge is 0.234 e. The summed E-state index contributed by atoms with van der Waals surface area (Å²) in [4.78, 5) is 14.3. The molecule has 3 aliphatic rings. The molecular weight excluding hydrogens is 226 g/mol. The van der Waals surface area contributed by atoms with E-state index in [0.29, 0.717) is 18.6 Å². The van der Waals surface area contributed by atoms with Gasteiger partial charge in [-0.1, -0.05) is 0 Å². The van der Waals surface area contributed by atoms with Gasteiger partial charge in [0, 0.05) is 18.6 Å². The molecule has 2 N–H and O–H groups in total. The van der Waals surface area contributed by atoms with Crippen molar-refractivity contribution in [3.05, 3.63) is 0 Å². The summed E-state index contributed by atoms with van der Waals surface area (Å²) in [6.07, 6.45) is 7.55. The molecule has 0 bridgehead atoms. The number of carbonyl (C=O) groups excluding carboxylic acids is 1. The van der Waals surface area contributed by atoms with E-state index in [1.165, 1.54) is 45.1 Å². The molecule has 4 nitrogen and oxygen atoms in total. The molecule has 0 aromatic heterocycles. The third-order valence-corrected chi connectivity index (χ3v) is 4.24. The second kappa shape index (κ2) is 5.57. The zero-order valence-corrected chi connectivity index (χ0v) is 11.2. The standard InChI is InChI=1S/C14H25N3O/c18-14(16-12-3-4-12)10-17(13-5-6-13)9-11-2-1-7-15-8-11/h11-13,15H,1-10H2,(H,16,18). The average molecular weight is 251 g/mol. The van der Waals surface area contributed by atoms with Gasteiger partial charge in [-0.05, 0) is 57.5 Å². The average Bonchev–Trinajstić information content (AvgIpc) is 3.24. The first-order valence-corrected chi connectivity index (χ1v) is 7.55. The van der Waals surface area contributed by atoms with Crippen molar-refractivity contribution in [2.24, 2.45) is 5.92 Å². The van der Waals surface area contributed by atoms with E-state index >= 15 is 0 Å². The Balaban J connectivity index is 1.46. The Morgan fingerprint density at radius 2 is 2.06 bits per heavy atom. The Bertz CT molecular complexity index is 293. The van der Waals surface area contributed by atoms with E-state index < -0.39 is 0 Å². The summed E-state index contributed by atoms with van der Waals surface area (Å²) >= 11 is 0. The summed E-state index contributed by atoms with van der Waals surface area (Å²) in [6, 6.07) is 1.19. The minimum Gasteiger partial charge on any atom is -0.352 e. The quantitative estimate of drug-likeness (QED) is 0.731. The summed E-state index contributed by atoms with van der Waals surface area (Å²) in [5.74, 6) is 0.987. The van der Waals surface area contributed by atoms with E-state index in [4.69, 9.17) is 0 Å². The largest absolute Gasteiger partial charge is 0.352 e. The van der Waals surface area contributed by atoms with Crippen LogP contribution < -0.4 is 10.6 Å². The van der Waals surface area contributed by atoms with Crippen LogP contribution in [0.25, 0.3) is 0 Å². The Morgan fingerprint density at radius 1 is 1.22 bits per heavy atom. The minimum absolute atomic E-state index is 0.244. The Labute approximate surface area is 109 Å². The second-order valence-electron chi connectivity index (χ2n) is 6.21. The van der Waals surface area contributed by atoms with Crippen LogP contribution >= 0.6 is 0 Å². The summed E-state index contributed by atoms with van der Waals surface area (Å²) in [6.45, 7) is 4.03. The van der Waals surface area contributed by atoms with Crippen molar-refractivity contribution >= 4 is 5.91 Å². The van der Waals surface area contributed by atoms with Crippen molar-refractivity contribution in [1.82, 2.24) is 15.5 Å². The molecule has 102 valence electrons. The molecule has 3 rings (SSSR count). The minimum atomic E-state index is 0.244. The lowest BCUT2D eigenvalue weighted by Gasteiger charge is -2.29. The van der Waals surface area contributed by atoms with E-state index in [-0.39, 0.29) is 5.91 Å². The van der Waals surface area contributed by atoms with Crippen LogP contribution in [0.3, 0.4) is 0 Å². The maximum Gasteiger partial charge on any atom is 0.234 e. The SMILES string of the molecule is O=C(CN(CC1CCCNC1)C1CC1)NC1CC1. The van der Waals surface area contributed by atoms with Crippen molar-refractivity contribution in [3.8, 4) is 0 Å². The van der Waals surface area contributed by atoms with Gasteiger partial charge in [0.2, 0.25) is 5.91 Å². The number of nitrogens with one attached hydrogen (secondary N) is 2. The van der Waals surface area contributed by atoms with Gasteiger partial charge in [0.15, 0.2) is 0 Å². The number of piperidine rings is 1.